The van der Waals surface area contributed by atoms with Gasteiger partial charge in [0.15, 0.2) is 35.5 Å². The fraction of sp³-hybridized carbons (Fsp3) is 0.300. The van der Waals surface area contributed by atoms with E-state index in [2.05, 4.69) is 0 Å². The first-order chi connectivity index (χ1) is 13.4. The quantitative estimate of drug-likeness (QED) is 0.479. The van der Waals surface area contributed by atoms with Gasteiger partial charge in [0.2, 0.25) is 5.75 Å². The molecule has 7 nitrogen and oxygen atoms in total. The van der Waals surface area contributed by atoms with Crippen LogP contribution in [0.5, 0.6) is 23.0 Å². The Morgan fingerprint density at radius 3 is 1.96 bits per heavy atom. The summed E-state index contributed by atoms with van der Waals surface area (Å²) in [6, 6.07) is 7.00. The van der Waals surface area contributed by atoms with Crippen LogP contribution in [0.4, 0.5) is 4.39 Å². The summed E-state index contributed by atoms with van der Waals surface area (Å²) in [7, 11) is 5.73. The predicted octanol–water partition coefficient (Wildman–Crippen LogP) is 2.83. The molecule has 150 valence electrons. The van der Waals surface area contributed by atoms with Crippen LogP contribution < -0.4 is 18.9 Å². The van der Waals surface area contributed by atoms with Crippen molar-refractivity contribution in [1.29, 1.82) is 0 Å². The second-order valence-electron chi connectivity index (χ2n) is 5.64. The third-order valence-electron chi connectivity index (χ3n) is 3.91. The van der Waals surface area contributed by atoms with E-state index in [4.69, 9.17) is 23.7 Å². The number of rotatable bonds is 9. The van der Waals surface area contributed by atoms with E-state index in [9.17, 15) is 14.0 Å². The van der Waals surface area contributed by atoms with Crippen LogP contribution in [0.25, 0.3) is 0 Å². The number of carbonyl (C=O) groups excluding carboxylic acids is 2. The van der Waals surface area contributed by atoms with E-state index in [0.717, 1.165) is 6.07 Å². The molecule has 0 radical (unpaired) electrons. The number of carbonyl (C=O) groups is 2. The Labute approximate surface area is 161 Å². The topological polar surface area (TPSA) is 80.3 Å². The number of ketones is 1. The molecule has 2 rings (SSSR count). The highest BCUT2D eigenvalue weighted by atomic mass is 19.1. The number of hydrogen-bond donors (Lipinski definition) is 0. The Morgan fingerprint density at radius 2 is 1.46 bits per heavy atom. The molecule has 0 N–H and O–H groups in total. The molecule has 0 aliphatic heterocycles. The largest absolute Gasteiger partial charge is 0.494 e. The van der Waals surface area contributed by atoms with Crippen LogP contribution in [0, 0.1) is 5.82 Å². The van der Waals surface area contributed by atoms with Gasteiger partial charge in [-0.1, -0.05) is 0 Å². The van der Waals surface area contributed by atoms with Crippen LogP contribution in [0.2, 0.25) is 0 Å². The maximum atomic E-state index is 13.7. The molecule has 0 fully saturated rings. The Balaban J connectivity index is 2.02. The van der Waals surface area contributed by atoms with Crippen molar-refractivity contribution in [3.05, 3.63) is 47.3 Å². The van der Waals surface area contributed by atoms with Gasteiger partial charge in [-0.05, 0) is 35.9 Å². The molecule has 0 saturated heterocycles. The summed E-state index contributed by atoms with van der Waals surface area (Å²) < 4.78 is 39.2. The fourth-order valence-electron chi connectivity index (χ4n) is 2.52. The third-order valence-corrected chi connectivity index (χ3v) is 3.91. The molecule has 0 atom stereocenters. The van der Waals surface area contributed by atoms with Gasteiger partial charge >= 0.3 is 5.97 Å². The normalized spacial score (nSPS) is 10.2. The molecule has 0 spiro atoms. The van der Waals surface area contributed by atoms with Crippen LogP contribution in [-0.2, 0) is 16.0 Å². The van der Waals surface area contributed by atoms with Gasteiger partial charge in [-0.3, -0.25) is 9.59 Å². The summed E-state index contributed by atoms with van der Waals surface area (Å²) >= 11 is 0. The van der Waals surface area contributed by atoms with Crippen LogP contribution in [0.1, 0.15) is 15.9 Å². The molecule has 0 bridgehead atoms. The second kappa shape index (κ2) is 9.59. The van der Waals surface area contributed by atoms with Crippen molar-refractivity contribution in [3.63, 3.8) is 0 Å². The number of benzene rings is 2. The standard InChI is InChI=1S/C20H21FO7/c1-24-16-6-5-13(10-14(16)21)15(22)11-28-19(23)9-12-7-17(25-2)20(27-4)18(8-12)26-3/h5-8,10H,9,11H2,1-4H3. The third kappa shape index (κ3) is 4.91. The first-order valence-electron chi connectivity index (χ1n) is 8.24. The van der Waals surface area contributed by atoms with E-state index in [0.29, 0.717) is 22.8 Å². The molecule has 28 heavy (non-hydrogen) atoms. The monoisotopic (exact) mass is 392 g/mol. The molecule has 0 saturated carbocycles. The maximum Gasteiger partial charge on any atom is 0.310 e. The number of halogens is 1. The van der Waals surface area contributed by atoms with Crippen molar-refractivity contribution in [3.8, 4) is 23.0 Å². The number of methoxy groups -OCH3 is 4. The van der Waals surface area contributed by atoms with E-state index in [-0.39, 0.29) is 17.7 Å². The number of esters is 1. The highest BCUT2D eigenvalue weighted by molar-refractivity contribution is 5.98. The molecule has 8 heteroatoms. The van der Waals surface area contributed by atoms with Crippen molar-refractivity contribution < 1.29 is 37.7 Å². The van der Waals surface area contributed by atoms with Crippen LogP contribution in [0.3, 0.4) is 0 Å². The van der Waals surface area contributed by atoms with Gasteiger partial charge in [-0.25, -0.2) is 4.39 Å². The lowest BCUT2D eigenvalue weighted by atomic mass is 10.1. The lowest BCUT2D eigenvalue weighted by Crippen LogP contribution is -2.16. The smallest absolute Gasteiger partial charge is 0.310 e. The lowest BCUT2D eigenvalue weighted by Gasteiger charge is -2.14. The summed E-state index contributed by atoms with van der Waals surface area (Å²) in [5.74, 6) is -0.604. The Kier molecular flexibility index (Phi) is 7.20. The summed E-state index contributed by atoms with van der Waals surface area (Å²) in [4.78, 5) is 24.2. The SMILES string of the molecule is COc1ccc(C(=O)COC(=O)Cc2cc(OC)c(OC)c(OC)c2)cc1F. The van der Waals surface area contributed by atoms with Crippen molar-refractivity contribution in [2.45, 2.75) is 6.42 Å². The van der Waals surface area contributed by atoms with Gasteiger partial charge in [-0.15, -0.1) is 0 Å². The van der Waals surface area contributed by atoms with E-state index < -0.39 is 24.2 Å². The lowest BCUT2D eigenvalue weighted by molar-refractivity contribution is -0.141. The Hall–Kier alpha value is -3.29. The zero-order valence-electron chi connectivity index (χ0n) is 16.0. The minimum atomic E-state index is -0.669. The summed E-state index contributed by atoms with van der Waals surface area (Å²) in [5, 5.41) is 0. The Bertz CT molecular complexity index is 839. The molecule has 0 aliphatic rings. The fourth-order valence-corrected chi connectivity index (χ4v) is 2.52. The van der Waals surface area contributed by atoms with E-state index in [1.807, 2.05) is 0 Å². The number of Topliss-reactive ketones (excluding diaryl/α,β-unsaturated/α-hetero) is 1. The van der Waals surface area contributed by atoms with Gasteiger partial charge in [0.25, 0.3) is 0 Å². The van der Waals surface area contributed by atoms with Gasteiger partial charge in [0.05, 0.1) is 34.9 Å². The molecule has 0 unspecified atom stereocenters. The minimum Gasteiger partial charge on any atom is -0.494 e. The van der Waals surface area contributed by atoms with Gasteiger partial charge in [-0.2, -0.15) is 0 Å². The molecule has 0 heterocycles. The van der Waals surface area contributed by atoms with Gasteiger partial charge < -0.3 is 23.7 Å². The van der Waals surface area contributed by atoms with Crippen LogP contribution in [-0.4, -0.2) is 46.8 Å². The first kappa shape index (κ1) is 21.0. The average Bonchev–Trinajstić information content (AvgIpc) is 2.70. The van der Waals surface area contributed by atoms with E-state index in [1.165, 1.54) is 40.6 Å². The van der Waals surface area contributed by atoms with Gasteiger partial charge in [0.1, 0.15) is 0 Å². The van der Waals surface area contributed by atoms with Crippen molar-refractivity contribution in [2.75, 3.05) is 35.0 Å². The maximum absolute atomic E-state index is 13.7. The van der Waals surface area contributed by atoms with Crippen LogP contribution in [0.15, 0.2) is 30.3 Å². The molecule has 0 aliphatic carbocycles. The van der Waals surface area contributed by atoms with Crippen molar-refractivity contribution in [1.82, 2.24) is 0 Å². The number of ether oxygens (including phenoxy) is 5. The predicted molar refractivity (Wildman–Crippen MR) is 98.0 cm³/mol. The highest BCUT2D eigenvalue weighted by Gasteiger charge is 2.17. The first-order valence-corrected chi connectivity index (χ1v) is 8.24. The summed E-state index contributed by atoms with van der Waals surface area (Å²) in [5.41, 5.74) is 0.640. The molecule has 0 aromatic heterocycles. The zero-order chi connectivity index (χ0) is 20.7. The average molecular weight is 392 g/mol. The Morgan fingerprint density at radius 1 is 0.857 bits per heavy atom. The molecule has 2 aromatic carbocycles. The molecular weight excluding hydrogens is 371 g/mol. The van der Waals surface area contributed by atoms with E-state index in [1.54, 1.807) is 12.1 Å². The highest BCUT2D eigenvalue weighted by Crippen LogP contribution is 2.38. The minimum absolute atomic E-state index is 0.0240. The van der Waals surface area contributed by atoms with Gasteiger partial charge in [0, 0.05) is 5.56 Å². The second-order valence-corrected chi connectivity index (χ2v) is 5.64. The molecule has 0 amide bonds. The summed E-state index contributed by atoms with van der Waals surface area (Å²) in [6.07, 6.45) is -0.110. The van der Waals surface area contributed by atoms with E-state index >= 15 is 0 Å². The molecular formula is C20H21FO7. The number of hydrogen-bond acceptors (Lipinski definition) is 7. The van der Waals surface area contributed by atoms with Crippen LogP contribution >= 0.6 is 0 Å². The summed E-state index contributed by atoms with van der Waals surface area (Å²) in [6.45, 7) is -0.505. The van der Waals surface area contributed by atoms with Crippen molar-refractivity contribution in [2.24, 2.45) is 0 Å². The molecule has 2 aromatic rings. The van der Waals surface area contributed by atoms with Crippen molar-refractivity contribution >= 4 is 11.8 Å². The zero-order valence-corrected chi connectivity index (χ0v) is 16.0.